The minimum atomic E-state index is -0.525. The molecule has 0 spiro atoms. The molecule has 6 nitrogen and oxygen atoms in total. The number of para-hydroxylation sites is 2. The number of hydrogen-bond acceptors (Lipinski definition) is 4. The average molecular weight is 414 g/mol. The molecule has 2 amide bonds. The Bertz CT molecular complexity index is 847. The molecule has 30 heavy (non-hydrogen) atoms. The fourth-order valence-corrected chi connectivity index (χ4v) is 3.99. The summed E-state index contributed by atoms with van der Waals surface area (Å²) < 4.78 is 27.9. The first-order valence-electron chi connectivity index (χ1n) is 10.1. The summed E-state index contributed by atoms with van der Waals surface area (Å²) in [7, 11) is 0. The van der Waals surface area contributed by atoms with Crippen molar-refractivity contribution in [3.05, 3.63) is 60.2 Å². The maximum Gasteiger partial charge on any atom is 0.312 e. The second kappa shape index (κ2) is 8.69. The van der Waals surface area contributed by atoms with E-state index in [1.54, 1.807) is 36.4 Å². The molecule has 0 bridgehead atoms. The van der Waals surface area contributed by atoms with Gasteiger partial charge in [-0.25, -0.2) is 8.78 Å². The monoisotopic (exact) mass is 414 g/mol. The third-order valence-corrected chi connectivity index (χ3v) is 5.70. The first kappa shape index (κ1) is 20.1. The standard InChI is InChI=1S/C22H24F2N4O2/c23-17-5-1-3-7-19(17)25-9-13-27(14-10-25)21(29)22(30)28-15-11-26(12-16-28)20-8-4-2-6-18(20)24/h1-8H,9-16H2. The van der Waals surface area contributed by atoms with Crippen LogP contribution in [0.3, 0.4) is 0 Å². The van der Waals surface area contributed by atoms with E-state index in [1.165, 1.54) is 21.9 Å². The number of halogens is 2. The minimum Gasteiger partial charge on any atom is -0.366 e. The van der Waals surface area contributed by atoms with E-state index in [0.29, 0.717) is 63.7 Å². The summed E-state index contributed by atoms with van der Waals surface area (Å²) in [5.74, 6) is -1.63. The molecule has 2 aromatic rings. The van der Waals surface area contributed by atoms with Crippen LogP contribution in [0.2, 0.25) is 0 Å². The molecular weight excluding hydrogens is 390 g/mol. The molecule has 2 saturated heterocycles. The normalized spacial score (nSPS) is 17.3. The molecule has 2 aliphatic heterocycles. The quantitative estimate of drug-likeness (QED) is 0.705. The summed E-state index contributed by atoms with van der Waals surface area (Å²) in [5.41, 5.74) is 1.03. The Kier molecular flexibility index (Phi) is 5.83. The predicted molar refractivity (Wildman–Crippen MR) is 110 cm³/mol. The van der Waals surface area contributed by atoms with Crippen LogP contribution < -0.4 is 9.80 Å². The Morgan fingerprint density at radius 1 is 0.567 bits per heavy atom. The van der Waals surface area contributed by atoms with Crippen LogP contribution >= 0.6 is 0 Å². The molecule has 0 atom stereocenters. The van der Waals surface area contributed by atoms with Crippen LogP contribution in [0, 0.1) is 11.6 Å². The largest absolute Gasteiger partial charge is 0.366 e. The van der Waals surface area contributed by atoms with Crippen molar-refractivity contribution in [2.45, 2.75) is 0 Å². The van der Waals surface area contributed by atoms with Crippen molar-refractivity contribution in [3.8, 4) is 0 Å². The molecule has 2 fully saturated rings. The van der Waals surface area contributed by atoms with Gasteiger partial charge in [-0.05, 0) is 24.3 Å². The van der Waals surface area contributed by atoms with Crippen molar-refractivity contribution in [1.29, 1.82) is 0 Å². The van der Waals surface area contributed by atoms with Gasteiger partial charge in [0, 0.05) is 52.4 Å². The lowest BCUT2D eigenvalue weighted by molar-refractivity contribution is -0.152. The molecular formula is C22H24F2N4O2. The van der Waals surface area contributed by atoms with E-state index in [4.69, 9.17) is 0 Å². The number of anilines is 2. The van der Waals surface area contributed by atoms with Crippen LogP contribution in [0.1, 0.15) is 0 Å². The number of piperazine rings is 2. The van der Waals surface area contributed by atoms with Crippen LogP contribution in [0.5, 0.6) is 0 Å². The fraction of sp³-hybridized carbons (Fsp3) is 0.364. The van der Waals surface area contributed by atoms with Gasteiger partial charge in [0.15, 0.2) is 0 Å². The van der Waals surface area contributed by atoms with Crippen LogP contribution in [0.15, 0.2) is 48.5 Å². The number of rotatable bonds is 2. The minimum absolute atomic E-state index is 0.291. The van der Waals surface area contributed by atoms with Crippen LogP contribution in [0.4, 0.5) is 20.2 Å². The topological polar surface area (TPSA) is 47.1 Å². The van der Waals surface area contributed by atoms with E-state index in [9.17, 15) is 18.4 Å². The summed E-state index contributed by atoms with van der Waals surface area (Å²) in [4.78, 5) is 32.2. The predicted octanol–water partition coefficient (Wildman–Crippen LogP) is 1.96. The summed E-state index contributed by atoms with van der Waals surface area (Å²) in [6, 6.07) is 13.1. The summed E-state index contributed by atoms with van der Waals surface area (Å²) in [6.07, 6.45) is 0. The van der Waals surface area contributed by atoms with Crippen LogP contribution in [-0.2, 0) is 9.59 Å². The highest BCUT2D eigenvalue weighted by Crippen LogP contribution is 2.22. The van der Waals surface area contributed by atoms with E-state index in [1.807, 2.05) is 9.80 Å². The highest BCUT2D eigenvalue weighted by Gasteiger charge is 2.32. The lowest BCUT2D eigenvalue weighted by Gasteiger charge is -2.38. The van der Waals surface area contributed by atoms with E-state index in [2.05, 4.69) is 0 Å². The van der Waals surface area contributed by atoms with Crippen molar-refractivity contribution in [2.24, 2.45) is 0 Å². The molecule has 0 saturated carbocycles. The highest BCUT2D eigenvalue weighted by atomic mass is 19.1. The molecule has 0 unspecified atom stereocenters. The lowest BCUT2D eigenvalue weighted by atomic mass is 10.2. The van der Waals surface area contributed by atoms with Gasteiger partial charge in [-0.3, -0.25) is 9.59 Å². The highest BCUT2D eigenvalue weighted by molar-refractivity contribution is 6.35. The van der Waals surface area contributed by atoms with Gasteiger partial charge in [0.2, 0.25) is 0 Å². The van der Waals surface area contributed by atoms with Crippen LogP contribution in [0.25, 0.3) is 0 Å². The number of carbonyl (C=O) groups is 2. The molecule has 0 N–H and O–H groups in total. The Morgan fingerprint density at radius 2 is 0.900 bits per heavy atom. The Hall–Kier alpha value is -3.16. The summed E-state index contributed by atoms with van der Waals surface area (Å²) in [5, 5.41) is 0. The first-order valence-corrected chi connectivity index (χ1v) is 10.1. The fourth-order valence-electron chi connectivity index (χ4n) is 3.99. The maximum absolute atomic E-state index is 14.0. The van der Waals surface area contributed by atoms with E-state index < -0.39 is 11.8 Å². The smallest absolute Gasteiger partial charge is 0.312 e. The van der Waals surface area contributed by atoms with Gasteiger partial charge in [-0.2, -0.15) is 0 Å². The van der Waals surface area contributed by atoms with E-state index in [-0.39, 0.29) is 11.6 Å². The molecule has 2 heterocycles. The lowest BCUT2D eigenvalue weighted by Crippen LogP contribution is -2.56. The van der Waals surface area contributed by atoms with Crippen LogP contribution in [-0.4, -0.2) is 74.0 Å². The zero-order valence-electron chi connectivity index (χ0n) is 16.6. The van der Waals surface area contributed by atoms with Gasteiger partial charge in [0.25, 0.3) is 0 Å². The van der Waals surface area contributed by atoms with Crippen molar-refractivity contribution in [2.75, 3.05) is 62.2 Å². The molecule has 4 rings (SSSR count). The Balaban J connectivity index is 1.30. The van der Waals surface area contributed by atoms with Crippen molar-refractivity contribution < 1.29 is 18.4 Å². The summed E-state index contributed by atoms with van der Waals surface area (Å²) >= 11 is 0. The number of amides is 2. The molecule has 2 aromatic carbocycles. The van der Waals surface area contributed by atoms with Gasteiger partial charge in [0.1, 0.15) is 11.6 Å². The number of hydrogen-bond donors (Lipinski definition) is 0. The zero-order chi connectivity index (χ0) is 21.1. The SMILES string of the molecule is O=C(C(=O)N1CCN(c2ccccc2F)CC1)N1CCN(c2ccccc2F)CC1. The number of carbonyl (C=O) groups excluding carboxylic acids is 2. The number of nitrogens with zero attached hydrogens (tertiary/aromatic N) is 4. The second-order valence-electron chi connectivity index (χ2n) is 7.46. The van der Waals surface area contributed by atoms with Gasteiger partial charge < -0.3 is 19.6 Å². The second-order valence-corrected chi connectivity index (χ2v) is 7.46. The van der Waals surface area contributed by atoms with Gasteiger partial charge in [-0.1, -0.05) is 24.3 Å². The molecule has 8 heteroatoms. The van der Waals surface area contributed by atoms with Crippen molar-refractivity contribution in [1.82, 2.24) is 9.80 Å². The van der Waals surface area contributed by atoms with Gasteiger partial charge in [-0.15, -0.1) is 0 Å². The van der Waals surface area contributed by atoms with Gasteiger partial charge >= 0.3 is 11.8 Å². The maximum atomic E-state index is 14.0. The third-order valence-electron chi connectivity index (χ3n) is 5.70. The van der Waals surface area contributed by atoms with E-state index >= 15 is 0 Å². The molecule has 0 radical (unpaired) electrons. The molecule has 158 valence electrons. The van der Waals surface area contributed by atoms with E-state index in [0.717, 1.165) is 0 Å². The zero-order valence-corrected chi connectivity index (χ0v) is 16.6. The summed E-state index contributed by atoms with van der Waals surface area (Å²) in [6.45, 7) is 3.37. The van der Waals surface area contributed by atoms with Crippen molar-refractivity contribution >= 4 is 23.2 Å². The molecule has 0 aliphatic carbocycles. The van der Waals surface area contributed by atoms with Crippen molar-refractivity contribution in [3.63, 3.8) is 0 Å². The average Bonchev–Trinajstić information content (AvgIpc) is 2.79. The van der Waals surface area contributed by atoms with Gasteiger partial charge in [0.05, 0.1) is 11.4 Å². The molecule has 0 aromatic heterocycles. The molecule has 2 aliphatic rings. The first-order chi connectivity index (χ1) is 14.5. The number of benzene rings is 2. The Labute approximate surface area is 174 Å². The third kappa shape index (κ3) is 4.08. The Morgan fingerprint density at radius 3 is 1.23 bits per heavy atom.